The molecule has 2 aromatic rings. The van der Waals surface area contributed by atoms with Crippen molar-refractivity contribution in [1.29, 1.82) is 0 Å². The minimum Gasteiger partial charge on any atom is -0.494 e. The Morgan fingerprint density at radius 1 is 0.960 bits per heavy atom. The first kappa shape index (κ1) is 19.2. The molecule has 0 saturated heterocycles. The highest BCUT2D eigenvalue weighted by Crippen LogP contribution is 2.20. The van der Waals surface area contributed by atoms with Crippen LogP contribution in [0.2, 0.25) is 0 Å². The highest BCUT2D eigenvalue weighted by atomic mass is 16.5. The number of anilines is 1. The summed E-state index contributed by atoms with van der Waals surface area (Å²) >= 11 is 0. The van der Waals surface area contributed by atoms with Gasteiger partial charge < -0.3 is 14.8 Å². The summed E-state index contributed by atoms with van der Waals surface area (Å²) in [5, 5.41) is 3.45. The Labute approximate surface area is 152 Å². The standard InChI is InChI=1S/C22H31NO2/c1-4-6-7-15-24-21-13-11-19(12-14-21)17-23-20-9-8-10-22(16-20)25-18(3)5-2/h8-14,16,18,23H,4-7,15,17H2,1-3H3. The highest BCUT2D eigenvalue weighted by molar-refractivity contribution is 5.48. The smallest absolute Gasteiger partial charge is 0.121 e. The number of rotatable bonds is 11. The van der Waals surface area contributed by atoms with Crippen LogP contribution in [-0.4, -0.2) is 12.7 Å². The van der Waals surface area contributed by atoms with E-state index in [1.807, 2.05) is 24.3 Å². The molecule has 0 aliphatic rings. The van der Waals surface area contributed by atoms with Crippen molar-refractivity contribution in [3.63, 3.8) is 0 Å². The SMILES string of the molecule is CCCCCOc1ccc(CNc2cccc(OC(C)CC)c2)cc1. The molecule has 136 valence electrons. The van der Waals surface area contributed by atoms with Crippen molar-refractivity contribution in [2.75, 3.05) is 11.9 Å². The molecule has 0 saturated carbocycles. The average Bonchev–Trinajstić information content (AvgIpc) is 2.65. The first-order chi connectivity index (χ1) is 12.2. The maximum absolute atomic E-state index is 5.87. The molecule has 2 rings (SSSR count). The molecule has 0 radical (unpaired) electrons. The second-order valence-corrected chi connectivity index (χ2v) is 6.42. The highest BCUT2D eigenvalue weighted by Gasteiger charge is 2.02. The molecule has 3 heteroatoms. The minimum atomic E-state index is 0.236. The molecule has 0 spiro atoms. The van der Waals surface area contributed by atoms with Crippen LogP contribution in [0.3, 0.4) is 0 Å². The Bertz CT molecular complexity index is 610. The number of hydrogen-bond donors (Lipinski definition) is 1. The van der Waals surface area contributed by atoms with E-state index in [-0.39, 0.29) is 6.10 Å². The van der Waals surface area contributed by atoms with Crippen LogP contribution >= 0.6 is 0 Å². The summed E-state index contributed by atoms with van der Waals surface area (Å²) in [6.45, 7) is 8.00. The number of ether oxygens (including phenoxy) is 2. The molecule has 0 fully saturated rings. The summed E-state index contributed by atoms with van der Waals surface area (Å²) in [7, 11) is 0. The number of unbranched alkanes of at least 4 members (excludes halogenated alkanes) is 2. The van der Waals surface area contributed by atoms with Crippen LogP contribution < -0.4 is 14.8 Å². The predicted octanol–water partition coefficient (Wildman–Crippen LogP) is 6.05. The zero-order valence-corrected chi connectivity index (χ0v) is 15.8. The molecule has 0 amide bonds. The molecule has 1 unspecified atom stereocenters. The van der Waals surface area contributed by atoms with Crippen LogP contribution in [0, 0.1) is 0 Å². The van der Waals surface area contributed by atoms with E-state index in [2.05, 4.69) is 50.4 Å². The molecule has 0 aliphatic heterocycles. The van der Waals surface area contributed by atoms with Crippen LogP contribution in [0.15, 0.2) is 48.5 Å². The van der Waals surface area contributed by atoms with E-state index in [1.165, 1.54) is 18.4 Å². The van der Waals surface area contributed by atoms with Gasteiger partial charge in [-0.3, -0.25) is 0 Å². The largest absolute Gasteiger partial charge is 0.494 e. The van der Waals surface area contributed by atoms with Gasteiger partial charge in [0.25, 0.3) is 0 Å². The molecule has 25 heavy (non-hydrogen) atoms. The van der Waals surface area contributed by atoms with Gasteiger partial charge in [0, 0.05) is 18.3 Å². The molecular weight excluding hydrogens is 310 g/mol. The van der Waals surface area contributed by atoms with E-state index in [1.54, 1.807) is 0 Å². The first-order valence-corrected chi connectivity index (χ1v) is 9.43. The van der Waals surface area contributed by atoms with E-state index < -0.39 is 0 Å². The lowest BCUT2D eigenvalue weighted by Crippen LogP contribution is -2.09. The summed E-state index contributed by atoms with van der Waals surface area (Å²) in [6.07, 6.45) is 4.80. The van der Waals surface area contributed by atoms with Crippen LogP contribution in [0.25, 0.3) is 0 Å². The third-order valence-electron chi connectivity index (χ3n) is 4.18. The minimum absolute atomic E-state index is 0.236. The van der Waals surface area contributed by atoms with Gasteiger partial charge in [0.15, 0.2) is 0 Å². The fraction of sp³-hybridized carbons (Fsp3) is 0.455. The second-order valence-electron chi connectivity index (χ2n) is 6.42. The van der Waals surface area contributed by atoms with Crippen molar-refractivity contribution in [1.82, 2.24) is 0 Å². The summed E-state index contributed by atoms with van der Waals surface area (Å²) in [5.74, 6) is 1.86. The monoisotopic (exact) mass is 341 g/mol. The van der Waals surface area contributed by atoms with Crippen molar-refractivity contribution in [2.24, 2.45) is 0 Å². The summed E-state index contributed by atoms with van der Waals surface area (Å²) in [6, 6.07) is 16.5. The lowest BCUT2D eigenvalue weighted by Gasteiger charge is -2.14. The molecule has 1 N–H and O–H groups in total. The van der Waals surface area contributed by atoms with Crippen molar-refractivity contribution in [2.45, 2.75) is 59.1 Å². The Kier molecular flexibility index (Phi) is 8.17. The van der Waals surface area contributed by atoms with Crippen LogP contribution in [0.1, 0.15) is 52.0 Å². The fourth-order valence-electron chi connectivity index (χ4n) is 2.44. The van der Waals surface area contributed by atoms with Gasteiger partial charge in [0.2, 0.25) is 0 Å². The molecule has 0 bridgehead atoms. The van der Waals surface area contributed by atoms with Gasteiger partial charge in [-0.05, 0) is 49.6 Å². The van der Waals surface area contributed by atoms with E-state index in [0.717, 1.165) is 43.2 Å². The van der Waals surface area contributed by atoms with Gasteiger partial charge in [0.05, 0.1) is 12.7 Å². The third-order valence-corrected chi connectivity index (χ3v) is 4.18. The van der Waals surface area contributed by atoms with Crippen LogP contribution in [0.4, 0.5) is 5.69 Å². The normalized spacial score (nSPS) is 11.8. The maximum atomic E-state index is 5.87. The summed E-state index contributed by atoms with van der Waals surface area (Å²) in [5.41, 5.74) is 2.30. The number of benzene rings is 2. The maximum Gasteiger partial charge on any atom is 0.121 e. The first-order valence-electron chi connectivity index (χ1n) is 9.43. The fourth-order valence-corrected chi connectivity index (χ4v) is 2.44. The Hall–Kier alpha value is -2.16. The number of hydrogen-bond acceptors (Lipinski definition) is 3. The molecular formula is C22H31NO2. The van der Waals surface area contributed by atoms with Crippen molar-refractivity contribution in [3.8, 4) is 11.5 Å². The molecule has 3 nitrogen and oxygen atoms in total. The Morgan fingerprint density at radius 2 is 1.76 bits per heavy atom. The Balaban J connectivity index is 1.81. The van der Waals surface area contributed by atoms with Gasteiger partial charge in [-0.1, -0.05) is 44.9 Å². The van der Waals surface area contributed by atoms with Gasteiger partial charge in [0.1, 0.15) is 11.5 Å². The zero-order chi connectivity index (χ0) is 17.9. The molecule has 0 heterocycles. The van der Waals surface area contributed by atoms with Gasteiger partial charge in [-0.25, -0.2) is 0 Å². The molecule has 1 atom stereocenters. The van der Waals surface area contributed by atoms with Crippen LogP contribution in [-0.2, 0) is 6.54 Å². The second kappa shape index (κ2) is 10.7. The third kappa shape index (κ3) is 7.08. The summed E-state index contributed by atoms with van der Waals surface area (Å²) < 4.78 is 11.6. The van der Waals surface area contributed by atoms with E-state index in [4.69, 9.17) is 9.47 Å². The van der Waals surface area contributed by atoms with Crippen molar-refractivity contribution in [3.05, 3.63) is 54.1 Å². The van der Waals surface area contributed by atoms with Crippen LogP contribution in [0.5, 0.6) is 11.5 Å². The topological polar surface area (TPSA) is 30.5 Å². The van der Waals surface area contributed by atoms with Crippen molar-refractivity contribution < 1.29 is 9.47 Å². The summed E-state index contributed by atoms with van der Waals surface area (Å²) in [4.78, 5) is 0. The Morgan fingerprint density at radius 3 is 2.48 bits per heavy atom. The van der Waals surface area contributed by atoms with Gasteiger partial charge >= 0.3 is 0 Å². The van der Waals surface area contributed by atoms with Gasteiger partial charge in [-0.2, -0.15) is 0 Å². The average molecular weight is 341 g/mol. The number of nitrogens with one attached hydrogen (secondary N) is 1. The van der Waals surface area contributed by atoms with E-state index in [0.29, 0.717) is 0 Å². The van der Waals surface area contributed by atoms with E-state index in [9.17, 15) is 0 Å². The van der Waals surface area contributed by atoms with Crippen molar-refractivity contribution >= 4 is 5.69 Å². The van der Waals surface area contributed by atoms with E-state index >= 15 is 0 Å². The molecule has 0 aromatic heterocycles. The van der Waals surface area contributed by atoms with Gasteiger partial charge in [-0.15, -0.1) is 0 Å². The predicted molar refractivity (Wildman–Crippen MR) is 106 cm³/mol. The zero-order valence-electron chi connectivity index (χ0n) is 15.8. The lowest BCUT2D eigenvalue weighted by atomic mass is 10.2. The lowest BCUT2D eigenvalue weighted by molar-refractivity contribution is 0.217. The quantitative estimate of drug-likeness (QED) is 0.505. The molecule has 0 aliphatic carbocycles. The molecule has 2 aromatic carbocycles.